The summed E-state index contributed by atoms with van der Waals surface area (Å²) >= 11 is 2.27. The monoisotopic (exact) mass is 546 g/mol. The van der Waals surface area contributed by atoms with Gasteiger partial charge >= 0.3 is 6.18 Å². The number of nitrogens with zero attached hydrogens (tertiary/aromatic N) is 2. The predicted molar refractivity (Wildman–Crippen MR) is 138 cm³/mol. The van der Waals surface area contributed by atoms with Crippen molar-refractivity contribution in [2.75, 3.05) is 16.4 Å². The second kappa shape index (κ2) is 10.8. The molecule has 2 aliphatic carbocycles. The Morgan fingerprint density at radius 2 is 1.62 bits per heavy atom. The lowest BCUT2D eigenvalue weighted by Gasteiger charge is -2.20. The maximum absolute atomic E-state index is 13.6. The molecule has 5 rings (SSSR count). The number of alkyl halides is 3. The van der Waals surface area contributed by atoms with Gasteiger partial charge in [0.15, 0.2) is 10.9 Å². The van der Waals surface area contributed by atoms with Crippen molar-refractivity contribution >= 4 is 45.6 Å². The number of benzene rings is 1. The second-order valence-corrected chi connectivity index (χ2v) is 11.1. The summed E-state index contributed by atoms with van der Waals surface area (Å²) in [6.07, 6.45) is 1.27. The summed E-state index contributed by atoms with van der Waals surface area (Å²) in [5, 5.41) is 6.14. The summed E-state index contributed by atoms with van der Waals surface area (Å²) in [5.41, 5.74) is 1.77. The molecule has 0 bridgehead atoms. The number of aromatic nitrogens is 2. The number of thioether (sulfide) groups is 1. The van der Waals surface area contributed by atoms with E-state index in [0.717, 1.165) is 54.3 Å². The Bertz CT molecular complexity index is 1330. The molecule has 2 N–H and O–H groups in total. The Morgan fingerprint density at radius 1 is 0.919 bits per heavy atom. The molecule has 1 aromatic carbocycles. The van der Waals surface area contributed by atoms with Gasteiger partial charge in [-0.2, -0.15) is 13.2 Å². The summed E-state index contributed by atoms with van der Waals surface area (Å²) in [5.74, 6) is -0.882. The molecule has 0 saturated heterocycles. The number of nitrogens with one attached hydrogen (secondary N) is 2. The van der Waals surface area contributed by atoms with Crippen molar-refractivity contribution in [3.05, 3.63) is 63.3 Å². The average molecular weight is 547 g/mol. The van der Waals surface area contributed by atoms with Crippen LogP contribution in [-0.4, -0.2) is 27.5 Å². The third-order valence-corrected chi connectivity index (χ3v) is 8.50. The Kier molecular flexibility index (Phi) is 7.52. The highest BCUT2D eigenvalue weighted by Gasteiger charge is 2.38. The van der Waals surface area contributed by atoms with Gasteiger partial charge in [-0.25, -0.2) is 9.97 Å². The van der Waals surface area contributed by atoms with Crippen LogP contribution in [0.2, 0.25) is 0 Å². The number of carbonyl (C=O) groups is 2. The topological polar surface area (TPSA) is 84.0 Å². The highest BCUT2D eigenvalue weighted by atomic mass is 32.2. The van der Waals surface area contributed by atoms with Gasteiger partial charge < -0.3 is 10.6 Å². The van der Waals surface area contributed by atoms with Crippen LogP contribution in [0.5, 0.6) is 0 Å². The minimum Gasteiger partial charge on any atom is -0.322 e. The van der Waals surface area contributed by atoms with E-state index >= 15 is 0 Å². The van der Waals surface area contributed by atoms with E-state index < -0.39 is 17.8 Å². The van der Waals surface area contributed by atoms with Crippen molar-refractivity contribution in [1.82, 2.24) is 9.97 Å². The SMILES string of the molecule is O=C(CSc1nc2c(c(C(F)(F)F)n1)CCCC2)Nc1sc2c(c1C(=O)Nc1ccccc1)CCCC2. The van der Waals surface area contributed by atoms with Crippen LogP contribution >= 0.6 is 23.1 Å². The number of hydrogen-bond acceptors (Lipinski definition) is 6. The number of rotatable bonds is 6. The number of carbonyl (C=O) groups excluding carboxylic acids is 2. The smallest absolute Gasteiger partial charge is 0.322 e. The fraction of sp³-hybridized carbons (Fsp3) is 0.385. The van der Waals surface area contributed by atoms with Crippen LogP contribution in [0, 0.1) is 0 Å². The number of anilines is 2. The van der Waals surface area contributed by atoms with Gasteiger partial charge in [-0.1, -0.05) is 30.0 Å². The Balaban J connectivity index is 1.33. The summed E-state index contributed by atoms with van der Waals surface area (Å²) < 4.78 is 40.8. The first-order valence-electron chi connectivity index (χ1n) is 12.2. The lowest BCUT2D eigenvalue weighted by molar-refractivity contribution is -0.142. The van der Waals surface area contributed by atoms with Gasteiger partial charge in [0, 0.05) is 21.8 Å². The van der Waals surface area contributed by atoms with E-state index in [1.54, 1.807) is 12.1 Å². The fourth-order valence-corrected chi connectivity index (χ4v) is 6.74. The summed E-state index contributed by atoms with van der Waals surface area (Å²) in [6, 6.07) is 9.09. The quantitative estimate of drug-likeness (QED) is 0.280. The molecular weight excluding hydrogens is 521 g/mol. The predicted octanol–water partition coefficient (Wildman–Crippen LogP) is 6.30. The minimum atomic E-state index is -4.57. The largest absolute Gasteiger partial charge is 0.433 e. The molecule has 37 heavy (non-hydrogen) atoms. The maximum Gasteiger partial charge on any atom is 0.433 e. The molecule has 0 radical (unpaired) electrons. The third-order valence-electron chi connectivity index (χ3n) is 6.45. The first-order chi connectivity index (χ1) is 17.8. The van der Waals surface area contributed by atoms with Crippen LogP contribution in [0.25, 0.3) is 0 Å². The van der Waals surface area contributed by atoms with Gasteiger partial charge in [0.1, 0.15) is 5.00 Å². The Labute approximate surface area is 220 Å². The van der Waals surface area contributed by atoms with E-state index in [2.05, 4.69) is 20.6 Å². The van der Waals surface area contributed by atoms with Crippen LogP contribution in [0.15, 0.2) is 35.5 Å². The van der Waals surface area contributed by atoms with Gasteiger partial charge in [0.05, 0.1) is 11.3 Å². The number of aryl methyl sites for hydroxylation is 2. The van der Waals surface area contributed by atoms with Gasteiger partial charge in [-0.15, -0.1) is 11.3 Å². The van der Waals surface area contributed by atoms with Crippen LogP contribution in [0.4, 0.5) is 23.9 Å². The molecule has 6 nitrogen and oxygen atoms in total. The van der Waals surface area contributed by atoms with Gasteiger partial charge in [-0.05, 0) is 69.1 Å². The van der Waals surface area contributed by atoms with Gasteiger partial charge in [0.2, 0.25) is 5.91 Å². The molecule has 0 fully saturated rings. The molecule has 0 atom stereocenters. The fourth-order valence-electron chi connectivity index (χ4n) is 4.77. The molecule has 11 heteroatoms. The van der Waals surface area contributed by atoms with Crippen molar-refractivity contribution < 1.29 is 22.8 Å². The van der Waals surface area contributed by atoms with E-state index in [0.29, 0.717) is 41.2 Å². The van der Waals surface area contributed by atoms with E-state index in [1.165, 1.54) is 11.3 Å². The van der Waals surface area contributed by atoms with E-state index in [4.69, 9.17) is 0 Å². The molecule has 194 valence electrons. The standard InChI is InChI=1S/C26H25F3N4O2S2/c27-26(28,29)22-16-10-4-6-12-18(16)31-25(33-22)36-14-20(34)32-24-21(17-11-5-7-13-19(17)37-24)23(35)30-15-8-2-1-3-9-15/h1-3,8-9H,4-7,10-14H2,(H,30,35)(H,32,34). The summed E-state index contributed by atoms with van der Waals surface area (Å²) in [7, 11) is 0. The Morgan fingerprint density at radius 3 is 2.38 bits per heavy atom. The van der Waals surface area contributed by atoms with E-state index in [9.17, 15) is 22.8 Å². The minimum absolute atomic E-state index is 0.0596. The zero-order valence-corrected chi connectivity index (χ0v) is 21.5. The maximum atomic E-state index is 13.6. The number of hydrogen-bond donors (Lipinski definition) is 2. The number of halogens is 3. The first-order valence-corrected chi connectivity index (χ1v) is 14.0. The number of thiophene rings is 1. The zero-order valence-electron chi connectivity index (χ0n) is 19.9. The Hall–Kier alpha value is -2.92. The highest BCUT2D eigenvalue weighted by Crippen LogP contribution is 2.39. The molecule has 0 saturated carbocycles. The van der Waals surface area contributed by atoms with Crippen molar-refractivity contribution in [2.45, 2.75) is 62.7 Å². The van der Waals surface area contributed by atoms with Crippen molar-refractivity contribution in [3.8, 4) is 0 Å². The van der Waals surface area contributed by atoms with E-state index in [1.807, 2.05) is 18.2 Å². The molecule has 2 aromatic heterocycles. The van der Waals surface area contributed by atoms with Crippen molar-refractivity contribution in [3.63, 3.8) is 0 Å². The van der Waals surface area contributed by atoms with Crippen LogP contribution in [0.1, 0.15) is 63.4 Å². The summed E-state index contributed by atoms with van der Waals surface area (Å²) in [4.78, 5) is 35.3. The number of fused-ring (bicyclic) bond motifs is 2. The van der Waals surface area contributed by atoms with Crippen LogP contribution < -0.4 is 10.6 Å². The van der Waals surface area contributed by atoms with Crippen molar-refractivity contribution in [1.29, 1.82) is 0 Å². The first kappa shape index (κ1) is 25.7. The molecular formula is C26H25F3N4O2S2. The van der Waals surface area contributed by atoms with Crippen molar-refractivity contribution in [2.24, 2.45) is 0 Å². The van der Waals surface area contributed by atoms with Crippen LogP contribution in [-0.2, 0) is 36.7 Å². The lowest BCUT2D eigenvalue weighted by Crippen LogP contribution is -2.21. The number of amides is 2. The molecule has 2 aliphatic rings. The number of para-hydroxylation sites is 1. The molecule has 0 spiro atoms. The molecule has 2 amide bonds. The van der Waals surface area contributed by atoms with Gasteiger partial charge in [0.25, 0.3) is 5.91 Å². The summed E-state index contributed by atoms with van der Waals surface area (Å²) in [6.45, 7) is 0. The second-order valence-electron chi connectivity index (χ2n) is 9.06. The molecule has 2 heterocycles. The molecule has 3 aromatic rings. The van der Waals surface area contributed by atoms with Gasteiger partial charge in [-0.3, -0.25) is 9.59 Å². The highest BCUT2D eigenvalue weighted by molar-refractivity contribution is 7.99. The van der Waals surface area contributed by atoms with E-state index in [-0.39, 0.29) is 22.4 Å². The third kappa shape index (κ3) is 5.82. The average Bonchev–Trinajstić information content (AvgIpc) is 3.24. The normalized spacial score (nSPS) is 15.0. The lowest BCUT2D eigenvalue weighted by atomic mass is 9.94. The molecule has 0 aliphatic heterocycles. The van der Waals surface area contributed by atoms with Crippen LogP contribution in [0.3, 0.4) is 0 Å². The zero-order chi connectivity index (χ0) is 26.0. The molecule has 0 unspecified atom stereocenters.